The van der Waals surface area contributed by atoms with Gasteiger partial charge in [-0.2, -0.15) is 0 Å². The smallest absolute Gasteiger partial charge is 0.358 e. The zero-order valence-electron chi connectivity index (χ0n) is 8.39. The molecule has 1 atom stereocenters. The van der Waals surface area contributed by atoms with Crippen molar-refractivity contribution in [3.63, 3.8) is 0 Å². The van der Waals surface area contributed by atoms with Gasteiger partial charge in [0.15, 0.2) is 5.69 Å². The second kappa shape index (κ2) is 4.39. The Hall–Kier alpha value is -1.43. The van der Waals surface area contributed by atoms with Gasteiger partial charge in [-0.3, -0.25) is 4.68 Å². The number of carbonyl (C=O) groups is 1. The lowest BCUT2D eigenvalue weighted by Gasteiger charge is -2.22. The van der Waals surface area contributed by atoms with Gasteiger partial charge in [0.1, 0.15) is 0 Å². The normalized spacial score (nSPS) is 21.5. The van der Waals surface area contributed by atoms with Gasteiger partial charge < -0.3 is 10.4 Å². The Morgan fingerprint density at radius 1 is 1.67 bits per heavy atom. The van der Waals surface area contributed by atoms with Gasteiger partial charge >= 0.3 is 5.97 Å². The largest absolute Gasteiger partial charge is 0.476 e. The van der Waals surface area contributed by atoms with E-state index in [1.165, 1.54) is 19.0 Å². The highest BCUT2D eigenvalue weighted by Crippen LogP contribution is 2.08. The van der Waals surface area contributed by atoms with Gasteiger partial charge in [-0.25, -0.2) is 4.79 Å². The molecule has 0 amide bonds. The van der Waals surface area contributed by atoms with Crippen LogP contribution in [0.3, 0.4) is 0 Å². The minimum absolute atomic E-state index is 0.00538. The molecule has 0 aromatic carbocycles. The average molecular weight is 210 g/mol. The van der Waals surface area contributed by atoms with E-state index in [-0.39, 0.29) is 5.69 Å². The Kier molecular flexibility index (Phi) is 2.96. The Balaban J connectivity index is 1.94. The van der Waals surface area contributed by atoms with E-state index < -0.39 is 5.97 Å². The lowest BCUT2D eigenvalue weighted by Crippen LogP contribution is -2.37. The first kappa shape index (κ1) is 10.1. The molecular formula is C9H14N4O2. The van der Waals surface area contributed by atoms with Gasteiger partial charge in [-0.15, -0.1) is 5.10 Å². The third kappa shape index (κ3) is 2.53. The molecule has 15 heavy (non-hydrogen) atoms. The van der Waals surface area contributed by atoms with E-state index in [0.29, 0.717) is 12.6 Å². The summed E-state index contributed by atoms with van der Waals surface area (Å²) >= 11 is 0. The highest BCUT2D eigenvalue weighted by atomic mass is 16.4. The summed E-state index contributed by atoms with van der Waals surface area (Å²) in [5.74, 6) is -1.03. The van der Waals surface area contributed by atoms with Crippen molar-refractivity contribution in [2.45, 2.75) is 31.8 Å². The summed E-state index contributed by atoms with van der Waals surface area (Å²) in [6.07, 6.45) is 5.02. The number of aromatic nitrogens is 3. The maximum absolute atomic E-state index is 10.6. The zero-order valence-corrected chi connectivity index (χ0v) is 8.39. The number of carboxylic acid groups (broad SMARTS) is 1. The van der Waals surface area contributed by atoms with Crippen molar-refractivity contribution >= 4 is 5.97 Å². The van der Waals surface area contributed by atoms with E-state index in [9.17, 15) is 4.79 Å². The van der Waals surface area contributed by atoms with Crippen LogP contribution in [-0.2, 0) is 6.54 Å². The predicted molar refractivity (Wildman–Crippen MR) is 52.6 cm³/mol. The van der Waals surface area contributed by atoms with Gasteiger partial charge in [-0.1, -0.05) is 11.6 Å². The van der Waals surface area contributed by atoms with Crippen molar-refractivity contribution in [2.24, 2.45) is 0 Å². The summed E-state index contributed by atoms with van der Waals surface area (Å²) in [6.45, 7) is 1.73. The van der Waals surface area contributed by atoms with Crippen LogP contribution in [0.1, 0.15) is 29.8 Å². The van der Waals surface area contributed by atoms with E-state index in [2.05, 4.69) is 15.6 Å². The molecule has 6 nitrogen and oxygen atoms in total. The van der Waals surface area contributed by atoms with E-state index >= 15 is 0 Å². The van der Waals surface area contributed by atoms with Gasteiger partial charge in [0, 0.05) is 6.04 Å². The van der Waals surface area contributed by atoms with Crippen LogP contribution < -0.4 is 5.32 Å². The predicted octanol–water partition coefficient (Wildman–Crippen LogP) is 0.118. The standard InChI is InChI=1S/C9H14N4O2/c14-9(15)8-6-13(12-11-8)5-7-3-1-2-4-10-7/h6-7,10H,1-5H2,(H,14,15)/t7-/m0/s1. The lowest BCUT2D eigenvalue weighted by molar-refractivity contribution is 0.0690. The Bertz CT molecular complexity index is 344. The second-order valence-corrected chi connectivity index (χ2v) is 3.78. The Labute approximate surface area is 87.3 Å². The number of hydrogen-bond acceptors (Lipinski definition) is 4. The monoisotopic (exact) mass is 210 g/mol. The minimum atomic E-state index is -1.03. The van der Waals surface area contributed by atoms with Crippen molar-refractivity contribution in [1.82, 2.24) is 20.3 Å². The molecule has 6 heteroatoms. The van der Waals surface area contributed by atoms with Crippen LogP contribution in [0.15, 0.2) is 6.20 Å². The summed E-state index contributed by atoms with van der Waals surface area (Å²) in [5, 5.41) is 19.4. The molecule has 0 radical (unpaired) electrons. The number of hydrogen-bond donors (Lipinski definition) is 2. The molecule has 0 unspecified atom stereocenters. The van der Waals surface area contributed by atoms with Gasteiger partial charge in [0.05, 0.1) is 12.7 Å². The van der Waals surface area contributed by atoms with Crippen molar-refractivity contribution in [3.8, 4) is 0 Å². The van der Waals surface area contributed by atoms with Crippen molar-refractivity contribution in [2.75, 3.05) is 6.54 Å². The summed E-state index contributed by atoms with van der Waals surface area (Å²) in [7, 11) is 0. The highest BCUT2D eigenvalue weighted by molar-refractivity contribution is 5.84. The molecule has 1 fully saturated rings. The average Bonchev–Trinajstić information content (AvgIpc) is 2.68. The van der Waals surface area contributed by atoms with E-state index in [0.717, 1.165) is 13.0 Å². The summed E-state index contributed by atoms with van der Waals surface area (Å²) < 4.78 is 1.59. The fourth-order valence-electron chi connectivity index (χ4n) is 1.79. The van der Waals surface area contributed by atoms with E-state index in [1.54, 1.807) is 4.68 Å². The first-order valence-corrected chi connectivity index (χ1v) is 5.12. The molecule has 1 saturated heterocycles. The molecule has 1 aliphatic heterocycles. The molecule has 1 aromatic rings. The summed E-state index contributed by atoms with van der Waals surface area (Å²) in [5.41, 5.74) is 0.00538. The van der Waals surface area contributed by atoms with Crippen molar-refractivity contribution < 1.29 is 9.90 Å². The van der Waals surface area contributed by atoms with Crippen LogP contribution in [0.5, 0.6) is 0 Å². The molecule has 0 saturated carbocycles. The van der Waals surface area contributed by atoms with Crippen molar-refractivity contribution in [3.05, 3.63) is 11.9 Å². The first-order valence-electron chi connectivity index (χ1n) is 5.12. The molecular weight excluding hydrogens is 196 g/mol. The zero-order chi connectivity index (χ0) is 10.7. The SMILES string of the molecule is O=C(O)c1cn(C[C@@H]2CCCCN2)nn1. The van der Waals surface area contributed by atoms with Gasteiger partial charge in [0.25, 0.3) is 0 Å². The molecule has 1 aliphatic rings. The Morgan fingerprint density at radius 2 is 2.53 bits per heavy atom. The summed E-state index contributed by atoms with van der Waals surface area (Å²) in [4.78, 5) is 10.6. The van der Waals surface area contributed by atoms with E-state index in [4.69, 9.17) is 5.11 Å². The third-order valence-corrected chi connectivity index (χ3v) is 2.58. The number of nitrogens with one attached hydrogen (secondary N) is 1. The second-order valence-electron chi connectivity index (χ2n) is 3.78. The number of aromatic carboxylic acids is 1. The highest BCUT2D eigenvalue weighted by Gasteiger charge is 2.15. The van der Waals surface area contributed by atoms with Crippen LogP contribution in [0.2, 0.25) is 0 Å². The van der Waals surface area contributed by atoms with Crippen LogP contribution >= 0.6 is 0 Å². The van der Waals surface area contributed by atoms with Crippen LogP contribution in [0.4, 0.5) is 0 Å². The maximum atomic E-state index is 10.6. The van der Waals surface area contributed by atoms with Crippen LogP contribution in [0, 0.1) is 0 Å². The molecule has 0 bridgehead atoms. The summed E-state index contributed by atoms with van der Waals surface area (Å²) in [6, 6.07) is 0.391. The van der Waals surface area contributed by atoms with Crippen LogP contribution in [0.25, 0.3) is 0 Å². The molecule has 0 aliphatic carbocycles. The third-order valence-electron chi connectivity index (χ3n) is 2.58. The number of rotatable bonds is 3. The number of piperidine rings is 1. The van der Waals surface area contributed by atoms with E-state index in [1.807, 2.05) is 0 Å². The molecule has 2 heterocycles. The number of carboxylic acids is 1. The van der Waals surface area contributed by atoms with Crippen LogP contribution in [-0.4, -0.2) is 38.7 Å². The molecule has 2 N–H and O–H groups in total. The molecule has 0 spiro atoms. The number of nitrogens with zero attached hydrogens (tertiary/aromatic N) is 3. The topological polar surface area (TPSA) is 80.0 Å². The van der Waals surface area contributed by atoms with Gasteiger partial charge in [-0.05, 0) is 19.4 Å². The minimum Gasteiger partial charge on any atom is -0.476 e. The van der Waals surface area contributed by atoms with Gasteiger partial charge in [0.2, 0.25) is 0 Å². The Morgan fingerprint density at radius 3 is 3.13 bits per heavy atom. The molecule has 82 valence electrons. The lowest BCUT2D eigenvalue weighted by atomic mass is 10.1. The van der Waals surface area contributed by atoms with Crippen molar-refractivity contribution in [1.29, 1.82) is 0 Å². The fraction of sp³-hybridized carbons (Fsp3) is 0.667. The fourth-order valence-corrected chi connectivity index (χ4v) is 1.79. The maximum Gasteiger partial charge on any atom is 0.358 e. The quantitative estimate of drug-likeness (QED) is 0.740. The molecule has 2 rings (SSSR count). The molecule has 1 aromatic heterocycles. The first-order chi connectivity index (χ1) is 7.25.